The smallest absolute Gasteiger partial charge is 0.159 e. The van der Waals surface area contributed by atoms with E-state index in [-0.39, 0.29) is 5.78 Å². The summed E-state index contributed by atoms with van der Waals surface area (Å²) in [6.45, 7) is 5.35. The van der Waals surface area contributed by atoms with Crippen LogP contribution in [-0.2, 0) is 6.42 Å². The Morgan fingerprint density at radius 2 is 1.92 bits per heavy atom. The summed E-state index contributed by atoms with van der Waals surface area (Å²) in [5.74, 6) is 0.121. The average molecular weight is 161 g/mol. The standard InChI is InChI=1S/C11H13O/c1-3-4-10-5-7-11(8-6-10)9(2)12/h5-8H,1,3-4H2,2H3. The summed E-state index contributed by atoms with van der Waals surface area (Å²) in [6, 6.07) is 7.71. The molecular formula is C11H13O. The lowest BCUT2D eigenvalue weighted by Gasteiger charge is -1.99. The lowest BCUT2D eigenvalue weighted by molar-refractivity contribution is 0.101. The van der Waals surface area contributed by atoms with Gasteiger partial charge in [0.2, 0.25) is 0 Å². The first-order valence-corrected chi connectivity index (χ1v) is 4.13. The minimum Gasteiger partial charge on any atom is -0.295 e. The van der Waals surface area contributed by atoms with Crippen molar-refractivity contribution in [3.8, 4) is 0 Å². The van der Waals surface area contributed by atoms with Crippen molar-refractivity contribution >= 4 is 5.78 Å². The first-order valence-electron chi connectivity index (χ1n) is 4.13. The van der Waals surface area contributed by atoms with Gasteiger partial charge in [-0.15, -0.1) is 0 Å². The normalized spacial score (nSPS) is 9.83. The maximum Gasteiger partial charge on any atom is 0.159 e. The Bertz CT molecular complexity index is 259. The molecule has 0 spiro atoms. The van der Waals surface area contributed by atoms with Crippen LogP contribution in [0.4, 0.5) is 0 Å². The second-order valence-corrected chi connectivity index (χ2v) is 2.86. The van der Waals surface area contributed by atoms with E-state index in [1.165, 1.54) is 5.56 Å². The number of benzene rings is 1. The molecule has 12 heavy (non-hydrogen) atoms. The Kier molecular flexibility index (Phi) is 3.03. The molecule has 1 nitrogen and oxygen atoms in total. The minimum atomic E-state index is 0.121. The fourth-order valence-electron chi connectivity index (χ4n) is 1.11. The molecule has 0 N–H and O–H groups in total. The van der Waals surface area contributed by atoms with Crippen LogP contribution in [0.15, 0.2) is 24.3 Å². The molecule has 63 valence electrons. The Morgan fingerprint density at radius 1 is 1.33 bits per heavy atom. The van der Waals surface area contributed by atoms with Crippen LogP contribution >= 0.6 is 0 Å². The monoisotopic (exact) mass is 161 g/mol. The molecule has 0 aliphatic rings. The van der Waals surface area contributed by atoms with Crippen LogP contribution in [0.2, 0.25) is 0 Å². The first-order chi connectivity index (χ1) is 5.74. The Hall–Kier alpha value is -1.11. The molecule has 1 rings (SSSR count). The Labute approximate surface area is 73.4 Å². The molecule has 0 unspecified atom stereocenters. The van der Waals surface area contributed by atoms with E-state index >= 15 is 0 Å². The van der Waals surface area contributed by atoms with Gasteiger partial charge in [-0.1, -0.05) is 31.2 Å². The van der Waals surface area contributed by atoms with Crippen LogP contribution in [0.1, 0.15) is 29.3 Å². The molecule has 0 saturated heterocycles. The third-order valence-corrected chi connectivity index (χ3v) is 1.83. The quantitative estimate of drug-likeness (QED) is 0.623. The highest BCUT2D eigenvalue weighted by atomic mass is 16.1. The summed E-state index contributed by atoms with van der Waals surface area (Å²) in [6.07, 6.45) is 1.89. The minimum absolute atomic E-state index is 0.121. The SMILES string of the molecule is [CH2]CCc1ccc(C(C)=O)cc1. The summed E-state index contributed by atoms with van der Waals surface area (Å²) in [7, 11) is 0. The first kappa shape index (κ1) is 8.98. The number of Topliss-reactive ketones (excluding diaryl/α,β-unsaturated/α-hetero) is 1. The lowest BCUT2D eigenvalue weighted by Crippen LogP contribution is -1.92. The zero-order valence-electron chi connectivity index (χ0n) is 7.34. The van der Waals surface area contributed by atoms with Gasteiger partial charge in [-0.2, -0.15) is 0 Å². The van der Waals surface area contributed by atoms with Crippen LogP contribution < -0.4 is 0 Å². The highest BCUT2D eigenvalue weighted by Crippen LogP contribution is 2.06. The van der Waals surface area contributed by atoms with Crippen molar-refractivity contribution in [2.75, 3.05) is 0 Å². The highest BCUT2D eigenvalue weighted by molar-refractivity contribution is 5.93. The fourth-order valence-corrected chi connectivity index (χ4v) is 1.11. The molecule has 0 saturated carbocycles. The number of carbonyl (C=O) groups excluding carboxylic acids is 1. The molecule has 0 aromatic heterocycles. The maximum absolute atomic E-state index is 10.9. The van der Waals surface area contributed by atoms with Crippen molar-refractivity contribution in [1.82, 2.24) is 0 Å². The predicted molar refractivity (Wildman–Crippen MR) is 50.1 cm³/mol. The van der Waals surface area contributed by atoms with E-state index in [1.54, 1.807) is 6.92 Å². The molecule has 1 heteroatoms. The van der Waals surface area contributed by atoms with Gasteiger partial charge in [-0.25, -0.2) is 0 Å². The van der Waals surface area contributed by atoms with Crippen LogP contribution in [0, 0.1) is 6.92 Å². The topological polar surface area (TPSA) is 17.1 Å². The molecule has 0 amide bonds. The average Bonchev–Trinajstić information content (AvgIpc) is 2.06. The molecule has 1 radical (unpaired) electrons. The van der Waals surface area contributed by atoms with Crippen molar-refractivity contribution < 1.29 is 4.79 Å². The Morgan fingerprint density at radius 3 is 2.33 bits per heavy atom. The highest BCUT2D eigenvalue weighted by Gasteiger charge is 1.97. The zero-order chi connectivity index (χ0) is 8.97. The summed E-state index contributed by atoms with van der Waals surface area (Å²) in [4.78, 5) is 10.9. The van der Waals surface area contributed by atoms with Crippen LogP contribution in [0.25, 0.3) is 0 Å². The fraction of sp³-hybridized carbons (Fsp3) is 0.273. The van der Waals surface area contributed by atoms with Gasteiger partial charge in [-0.3, -0.25) is 4.79 Å². The molecule has 0 aliphatic heterocycles. The predicted octanol–water partition coefficient (Wildman–Crippen LogP) is 2.66. The van der Waals surface area contributed by atoms with Crippen LogP contribution in [0.5, 0.6) is 0 Å². The molecule has 0 heterocycles. The summed E-state index contributed by atoms with van der Waals surface area (Å²) >= 11 is 0. The summed E-state index contributed by atoms with van der Waals surface area (Å²) in [5, 5.41) is 0. The van der Waals surface area contributed by atoms with Gasteiger partial charge in [0, 0.05) is 5.56 Å². The van der Waals surface area contributed by atoms with Crippen molar-refractivity contribution in [3.63, 3.8) is 0 Å². The maximum atomic E-state index is 10.9. The van der Waals surface area contributed by atoms with Gasteiger partial charge in [0.25, 0.3) is 0 Å². The van der Waals surface area contributed by atoms with E-state index in [0.717, 1.165) is 18.4 Å². The number of rotatable bonds is 3. The molecule has 0 bridgehead atoms. The third kappa shape index (κ3) is 2.19. The van der Waals surface area contributed by atoms with Crippen molar-refractivity contribution in [1.29, 1.82) is 0 Å². The molecule has 0 fully saturated rings. The van der Waals surface area contributed by atoms with E-state index in [9.17, 15) is 4.79 Å². The van der Waals surface area contributed by atoms with Gasteiger partial charge in [0.1, 0.15) is 0 Å². The van der Waals surface area contributed by atoms with Gasteiger partial charge in [0.15, 0.2) is 5.78 Å². The number of ketones is 1. The van der Waals surface area contributed by atoms with E-state index in [0.29, 0.717) is 0 Å². The number of carbonyl (C=O) groups is 1. The molecule has 0 aliphatic carbocycles. The molecular weight excluding hydrogens is 148 g/mol. The second-order valence-electron chi connectivity index (χ2n) is 2.86. The van der Waals surface area contributed by atoms with Gasteiger partial charge in [-0.05, 0) is 25.3 Å². The summed E-state index contributed by atoms with van der Waals surface area (Å²) in [5.41, 5.74) is 2.03. The lowest BCUT2D eigenvalue weighted by atomic mass is 10.1. The van der Waals surface area contributed by atoms with Crippen molar-refractivity contribution in [2.24, 2.45) is 0 Å². The number of hydrogen-bond acceptors (Lipinski definition) is 1. The van der Waals surface area contributed by atoms with Crippen LogP contribution in [0.3, 0.4) is 0 Å². The third-order valence-electron chi connectivity index (χ3n) is 1.83. The van der Waals surface area contributed by atoms with E-state index in [2.05, 4.69) is 6.92 Å². The molecule has 0 atom stereocenters. The Balaban J connectivity index is 2.78. The van der Waals surface area contributed by atoms with E-state index in [1.807, 2.05) is 24.3 Å². The molecule has 1 aromatic carbocycles. The zero-order valence-corrected chi connectivity index (χ0v) is 7.34. The second kappa shape index (κ2) is 4.05. The van der Waals surface area contributed by atoms with E-state index in [4.69, 9.17) is 0 Å². The van der Waals surface area contributed by atoms with Crippen molar-refractivity contribution in [2.45, 2.75) is 19.8 Å². The summed E-state index contributed by atoms with van der Waals surface area (Å²) < 4.78 is 0. The van der Waals surface area contributed by atoms with Gasteiger partial charge < -0.3 is 0 Å². The van der Waals surface area contributed by atoms with E-state index < -0.39 is 0 Å². The van der Waals surface area contributed by atoms with Crippen molar-refractivity contribution in [3.05, 3.63) is 42.3 Å². The largest absolute Gasteiger partial charge is 0.295 e. The molecule has 1 aromatic rings. The van der Waals surface area contributed by atoms with Gasteiger partial charge >= 0.3 is 0 Å². The van der Waals surface area contributed by atoms with Gasteiger partial charge in [0.05, 0.1) is 0 Å². The number of hydrogen-bond donors (Lipinski definition) is 0. The van der Waals surface area contributed by atoms with Crippen LogP contribution in [-0.4, -0.2) is 5.78 Å². The number of aryl methyl sites for hydroxylation is 1.